The van der Waals surface area contributed by atoms with E-state index in [0.717, 1.165) is 11.0 Å². The molecule has 39 heavy (non-hydrogen) atoms. The number of para-hydroxylation sites is 1. The van der Waals surface area contributed by atoms with Gasteiger partial charge in [0.2, 0.25) is 0 Å². The number of ether oxygens (including phenoxy) is 1. The SMILES string of the molecule is C=CCOc1ccc(C2C3=C(CC(C)(C)CS3(=O)=O)Nc3c(O)cccc3N2C(=O)c2cnccn2)c(F)c1. The van der Waals surface area contributed by atoms with Crippen LogP contribution in [-0.2, 0) is 9.84 Å². The van der Waals surface area contributed by atoms with Crippen molar-refractivity contribution in [1.82, 2.24) is 9.97 Å². The van der Waals surface area contributed by atoms with Crippen LogP contribution < -0.4 is 15.0 Å². The van der Waals surface area contributed by atoms with Gasteiger partial charge < -0.3 is 15.2 Å². The number of halogens is 1. The van der Waals surface area contributed by atoms with E-state index in [4.69, 9.17) is 4.74 Å². The number of hydrogen-bond acceptors (Lipinski definition) is 8. The minimum absolute atomic E-state index is 0.0630. The molecule has 0 bridgehead atoms. The molecule has 5 rings (SSSR count). The molecule has 0 fully saturated rings. The van der Waals surface area contributed by atoms with E-state index < -0.39 is 33.0 Å². The third-order valence-corrected chi connectivity index (χ3v) is 8.87. The summed E-state index contributed by atoms with van der Waals surface area (Å²) in [5.41, 5.74) is -0.244. The quantitative estimate of drug-likeness (QED) is 0.345. The smallest absolute Gasteiger partial charge is 0.279 e. The maximum Gasteiger partial charge on any atom is 0.279 e. The lowest BCUT2D eigenvalue weighted by Gasteiger charge is -2.37. The van der Waals surface area contributed by atoms with Gasteiger partial charge in [-0.3, -0.25) is 14.7 Å². The number of hydrogen-bond donors (Lipinski definition) is 2. The van der Waals surface area contributed by atoms with Crippen molar-refractivity contribution in [3.8, 4) is 11.5 Å². The molecule has 0 spiro atoms. The van der Waals surface area contributed by atoms with E-state index in [1.165, 1.54) is 48.9 Å². The summed E-state index contributed by atoms with van der Waals surface area (Å²) < 4.78 is 49.2. The van der Waals surface area contributed by atoms with Gasteiger partial charge >= 0.3 is 0 Å². The number of phenols is 1. The molecule has 1 aromatic heterocycles. The van der Waals surface area contributed by atoms with Gasteiger partial charge in [-0.1, -0.05) is 32.6 Å². The Morgan fingerprint density at radius 2 is 2.10 bits per heavy atom. The lowest BCUT2D eigenvalue weighted by atomic mass is 9.88. The Morgan fingerprint density at radius 1 is 1.31 bits per heavy atom. The molecule has 1 amide bonds. The summed E-state index contributed by atoms with van der Waals surface area (Å²) in [6.07, 6.45) is 5.77. The predicted molar refractivity (Wildman–Crippen MR) is 145 cm³/mol. The van der Waals surface area contributed by atoms with Gasteiger partial charge in [0.25, 0.3) is 5.91 Å². The van der Waals surface area contributed by atoms with Crippen LogP contribution in [0, 0.1) is 11.2 Å². The Labute approximate surface area is 225 Å². The Hall–Kier alpha value is -4.25. The highest BCUT2D eigenvalue weighted by Crippen LogP contribution is 2.51. The number of nitrogens with one attached hydrogen (secondary N) is 1. The molecule has 1 unspecified atom stereocenters. The number of carbonyl (C=O) groups excluding carboxylic acids is 1. The van der Waals surface area contributed by atoms with E-state index in [-0.39, 0.29) is 63.5 Å². The van der Waals surface area contributed by atoms with Crippen molar-refractivity contribution in [3.05, 3.63) is 95.3 Å². The van der Waals surface area contributed by atoms with Crippen molar-refractivity contribution < 1.29 is 27.4 Å². The fourth-order valence-corrected chi connectivity index (χ4v) is 7.47. The summed E-state index contributed by atoms with van der Waals surface area (Å²) in [7, 11) is -4.04. The molecule has 9 nitrogen and oxygen atoms in total. The second kappa shape index (κ2) is 9.81. The number of fused-ring (bicyclic) bond motifs is 1. The van der Waals surface area contributed by atoms with Crippen LogP contribution in [0.15, 0.2) is 78.2 Å². The maximum atomic E-state index is 15.9. The summed E-state index contributed by atoms with van der Waals surface area (Å²) in [5.74, 6) is -1.69. The highest BCUT2D eigenvalue weighted by molar-refractivity contribution is 7.95. The largest absolute Gasteiger partial charge is 0.506 e. The van der Waals surface area contributed by atoms with Gasteiger partial charge in [0, 0.05) is 29.7 Å². The Morgan fingerprint density at radius 3 is 2.79 bits per heavy atom. The average molecular weight is 551 g/mol. The average Bonchev–Trinajstić information content (AvgIpc) is 3.02. The first kappa shape index (κ1) is 26.4. The van der Waals surface area contributed by atoms with Gasteiger partial charge in [-0.2, -0.15) is 0 Å². The van der Waals surface area contributed by atoms with E-state index in [1.807, 2.05) is 13.8 Å². The third-order valence-electron chi connectivity index (χ3n) is 6.57. The lowest BCUT2D eigenvalue weighted by molar-refractivity contribution is 0.0975. The molecule has 3 heterocycles. The molecule has 0 radical (unpaired) electrons. The number of rotatable bonds is 5. The summed E-state index contributed by atoms with van der Waals surface area (Å²) in [6, 6.07) is 7.14. The predicted octanol–water partition coefficient (Wildman–Crippen LogP) is 4.76. The van der Waals surface area contributed by atoms with Crippen molar-refractivity contribution in [2.75, 3.05) is 22.6 Å². The monoisotopic (exact) mass is 550 g/mol. The van der Waals surface area contributed by atoms with Crippen molar-refractivity contribution >= 4 is 27.1 Å². The first-order chi connectivity index (χ1) is 18.5. The van der Waals surface area contributed by atoms with E-state index in [1.54, 1.807) is 6.07 Å². The van der Waals surface area contributed by atoms with Crippen molar-refractivity contribution in [3.63, 3.8) is 0 Å². The normalized spacial score (nSPS) is 19.3. The van der Waals surface area contributed by atoms with Gasteiger partial charge in [-0.25, -0.2) is 17.8 Å². The van der Waals surface area contributed by atoms with Crippen LogP contribution in [0.4, 0.5) is 15.8 Å². The Kier molecular flexibility index (Phi) is 6.63. The van der Waals surface area contributed by atoms with E-state index >= 15 is 4.39 Å². The second-order valence-electron chi connectivity index (χ2n) is 10.2. The van der Waals surface area contributed by atoms with Crippen LogP contribution in [0.3, 0.4) is 0 Å². The number of anilines is 2. The molecule has 3 aromatic rings. The number of allylic oxidation sites excluding steroid dienone is 1. The van der Waals surface area contributed by atoms with E-state index in [0.29, 0.717) is 0 Å². The summed E-state index contributed by atoms with van der Waals surface area (Å²) >= 11 is 0. The Bertz CT molecular complexity index is 1610. The molecule has 2 aliphatic rings. The van der Waals surface area contributed by atoms with Crippen LogP contribution in [0.1, 0.15) is 42.4 Å². The fourth-order valence-electron chi connectivity index (χ4n) is 5.12. The molecule has 2 aliphatic heterocycles. The van der Waals surface area contributed by atoms with Crippen LogP contribution in [0.5, 0.6) is 11.5 Å². The fraction of sp³-hybridized carbons (Fsp3) is 0.250. The number of carbonyl (C=O) groups is 1. The van der Waals surface area contributed by atoms with Crippen LogP contribution in [0.25, 0.3) is 0 Å². The molecule has 0 saturated heterocycles. The second-order valence-corrected chi connectivity index (χ2v) is 12.1. The third kappa shape index (κ3) is 4.85. The number of nitrogens with zero attached hydrogens (tertiary/aromatic N) is 3. The van der Waals surface area contributed by atoms with Crippen molar-refractivity contribution in [2.24, 2.45) is 5.41 Å². The zero-order chi connectivity index (χ0) is 27.9. The van der Waals surface area contributed by atoms with E-state index in [2.05, 4.69) is 21.9 Å². The summed E-state index contributed by atoms with van der Waals surface area (Å²) in [5, 5.41) is 13.9. The van der Waals surface area contributed by atoms with E-state index in [9.17, 15) is 18.3 Å². The highest BCUT2D eigenvalue weighted by Gasteiger charge is 2.48. The molecule has 2 N–H and O–H groups in total. The van der Waals surface area contributed by atoms with Gasteiger partial charge in [-0.05, 0) is 36.1 Å². The van der Waals surface area contributed by atoms with Crippen LogP contribution in [-0.4, -0.2) is 41.8 Å². The minimum Gasteiger partial charge on any atom is -0.506 e. The maximum absolute atomic E-state index is 15.9. The van der Waals surface area contributed by atoms with Gasteiger partial charge in [0.15, 0.2) is 9.84 Å². The molecule has 202 valence electrons. The highest BCUT2D eigenvalue weighted by atomic mass is 32.2. The molecular weight excluding hydrogens is 523 g/mol. The first-order valence-electron chi connectivity index (χ1n) is 12.2. The zero-order valence-electron chi connectivity index (χ0n) is 21.4. The lowest BCUT2D eigenvalue weighted by Crippen LogP contribution is -2.41. The number of aromatic nitrogens is 2. The van der Waals surface area contributed by atoms with Gasteiger partial charge in [-0.15, -0.1) is 0 Å². The topological polar surface area (TPSA) is 122 Å². The summed E-state index contributed by atoms with van der Waals surface area (Å²) in [4.78, 5) is 23.2. The molecule has 11 heteroatoms. The Balaban J connectivity index is 1.83. The van der Waals surface area contributed by atoms with Crippen LogP contribution in [0.2, 0.25) is 0 Å². The minimum atomic E-state index is -4.04. The van der Waals surface area contributed by atoms with Crippen molar-refractivity contribution in [2.45, 2.75) is 26.3 Å². The van der Waals surface area contributed by atoms with Gasteiger partial charge in [0.1, 0.15) is 41.3 Å². The molecule has 0 aliphatic carbocycles. The number of phenolic OH excluding ortho intramolecular Hbond substituents is 1. The van der Waals surface area contributed by atoms with Gasteiger partial charge in [0.05, 0.1) is 22.5 Å². The van der Waals surface area contributed by atoms with Crippen LogP contribution >= 0.6 is 0 Å². The number of amides is 1. The molecule has 1 atom stereocenters. The molecular formula is C28H27FN4O5S. The van der Waals surface area contributed by atoms with Crippen molar-refractivity contribution in [1.29, 1.82) is 0 Å². The number of aromatic hydroxyl groups is 1. The molecule has 2 aromatic carbocycles. The first-order valence-corrected chi connectivity index (χ1v) is 13.9. The number of sulfone groups is 1. The standard InChI is InChI=1S/C28H27FN4O5S/c1-4-12-38-17-8-9-18(19(29)13-17)25-26-20(14-28(2,3)16-39(26,36)37)32-24-22(6-5-7-23(24)34)33(25)27(35)21-15-30-10-11-31-21/h4-11,13,15,25,32,34H,1,12,14,16H2,2-3H3. The zero-order valence-corrected chi connectivity index (χ0v) is 22.2. The summed E-state index contributed by atoms with van der Waals surface area (Å²) in [6.45, 7) is 7.36. The number of benzene rings is 2. The molecule has 0 saturated carbocycles.